The SMILES string of the molecule is CCCCC(CC)CNC(=O)C(CC(C)C)N1C(=O)c2ccccc2C1c1c[nH]c2ccccc12. The summed E-state index contributed by atoms with van der Waals surface area (Å²) in [7, 11) is 0. The second-order valence-electron chi connectivity index (χ2n) is 10.3. The van der Waals surface area contributed by atoms with Crippen molar-refractivity contribution in [3.05, 3.63) is 71.4 Å². The first-order chi connectivity index (χ1) is 17.0. The topological polar surface area (TPSA) is 65.2 Å². The molecule has 3 aromatic rings. The minimum atomic E-state index is -0.530. The fraction of sp³-hybridized carbons (Fsp3) is 0.467. The van der Waals surface area contributed by atoms with E-state index in [1.54, 1.807) is 0 Å². The van der Waals surface area contributed by atoms with E-state index in [0.29, 0.717) is 24.4 Å². The van der Waals surface area contributed by atoms with Crippen LogP contribution in [0.5, 0.6) is 0 Å². The van der Waals surface area contributed by atoms with E-state index in [2.05, 4.69) is 44.1 Å². The molecule has 2 amide bonds. The molecule has 2 N–H and O–H groups in total. The van der Waals surface area contributed by atoms with E-state index in [1.807, 2.05) is 53.6 Å². The fourth-order valence-electron chi connectivity index (χ4n) is 5.39. The van der Waals surface area contributed by atoms with Crippen molar-refractivity contribution in [2.24, 2.45) is 11.8 Å². The maximum absolute atomic E-state index is 13.8. The summed E-state index contributed by atoms with van der Waals surface area (Å²) in [6.45, 7) is 9.28. The Morgan fingerprint density at radius 3 is 2.54 bits per heavy atom. The van der Waals surface area contributed by atoms with Crippen LogP contribution in [0.25, 0.3) is 10.9 Å². The molecule has 35 heavy (non-hydrogen) atoms. The Labute approximate surface area is 209 Å². The molecule has 186 valence electrons. The van der Waals surface area contributed by atoms with E-state index in [-0.39, 0.29) is 23.8 Å². The molecule has 3 atom stereocenters. The molecule has 4 rings (SSSR count). The van der Waals surface area contributed by atoms with E-state index >= 15 is 0 Å². The number of hydrogen-bond acceptors (Lipinski definition) is 2. The number of aromatic nitrogens is 1. The molecule has 0 fully saturated rings. The van der Waals surface area contributed by atoms with Crippen molar-refractivity contribution in [1.29, 1.82) is 0 Å². The second-order valence-corrected chi connectivity index (χ2v) is 10.3. The van der Waals surface area contributed by atoms with Crippen molar-refractivity contribution in [3.63, 3.8) is 0 Å². The molecule has 2 aromatic carbocycles. The molecule has 0 bridgehead atoms. The molecule has 3 unspecified atom stereocenters. The maximum Gasteiger partial charge on any atom is 0.255 e. The molecule has 1 aromatic heterocycles. The number of nitrogens with one attached hydrogen (secondary N) is 2. The van der Waals surface area contributed by atoms with Gasteiger partial charge in [-0.1, -0.05) is 83.4 Å². The number of carbonyl (C=O) groups is 2. The van der Waals surface area contributed by atoms with Crippen LogP contribution in [0.1, 0.15) is 87.3 Å². The van der Waals surface area contributed by atoms with Crippen molar-refractivity contribution >= 4 is 22.7 Å². The van der Waals surface area contributed by atoms with Crippen molar-refractivity contribution in [2.45, 2.75) is 71.9 Å². The van der Waals surface area contributed by atoms with Crippen molar-refractivity contribution in [1.82, 2.24) is 15.2 Å². The molecule has 0 saturated heterocycles. The van der Waals surface area contributed by atoms with Gasteiger partial charge in [-0.3, -0.25) is 9.59 Å². The lowest BCUT2D eigenvalue weighted by atomic mass is 9.94. The van der Waals surface area contributed by atoms with Crippen LogP contribution in [-0.2, 0) is 4.79 Å². The van der Waals surface area contributed by atoms with E-state index in [9.17, 15) is 9.59 Å². The third-order valence-electron chi connectivity index (χ3n) is 7.36. The lowest BCUT2D eigenvalue weighted by Gasteiger charge is -2.34. The summed E-state index contributed by atoms with van der Waals surface area (Å²) in [6, 6.07) is 15.1. The average Bonchev–Trinajstić information content (AvgIpc) is 3.41. The van der Waals surface area contributed by atoms with Gasteiger partial charge in [-0.15, -0.1) is 0 Å². The number of carbonyl (C=O) groups excluding carboxylic acids is 2. The lowest BCUT2D eigenvalue weighted by Crippen LogP contribution is -2.50. The van der Waals surface area contributed by atoms with Gasteiger partial charge in [-0.2, -0.15) is 0 Å². The number of fused-ring (bicyclic) bond motifs is 2. The highest BCUT2D eigenvalue weighted by Gasteiger charge is 2.44. The summed E-state index contributed by atoms with van der Waals surface area (Å²) in [5, 5.41) is 4.32. The van der Waals surface area contributed by atoms with Gasteiger partial charge < -0.3 is 15.2 Å². The van der Waals surface area contributed by atoms with Gasteiger partial charge in [0.25, 0.3) is 5.91 Å². The Morgan fingerprint density at radius 1 is 1.06 bits per heavy atom. The van der Waals surface area contributed by atoms with Gasteiger partial charge >= 0.3 is 0 Å². The number of H-pyrrole nitrogens is 1. The highest BCUT2D eigenvalue weighted by atomic mass is 16.2. The largest absolute Gasteiger partial charge is 0.361 e. The Kier molecular flexibility index (Phi) is 7.94. The van der Waals surface area contributed by atoms with Crippen LogP contribution in [0.15, 0.2) is 54.7 Å². The first-order valence-corrected chi connectivity index (χ1v) is 13.2. The first kappa shape index (κ1) is 25.0. The van der Waals surface area contributed by atoms with E-state index in [0.717, 1.165) is 41.3 Å². The zero-order valence-electron chi connectivity index (χ0n) is 21.5. The van der Waals surface area contributed by atoms with Crippen LogP contribution >= 0.6 is 0 Å². The lowest BCUT2D eigenvalue weighted by molar-refractivity contribution is -0.126. The van der Waals surface area contributed by atoms with Gasteiger partial charge in [0.2, 0.25) is 5.91 Å². The normalized spacial score (nSPS) is 17.1. The smallest absolute Gasteiger partial charge is 0.255 e. The van der Waals surface area contributed by atoms with E-state index in [4.69, 9.17) is 0 Å². The van der Waals surface area contributed by atoms with Crippen LogP contribution < -0.4 is 5.32 Å². The average molecular weight is 474 g/mol. The molecule has 0 radical (unpaired) electrons. The molecule has 0 aliphatic carbocycles. The quantitative estimate of drug-likeness (QED) is 0.336. The number of aromatic amines is 1. The van der Waals surface area contributed by atoms with Gasteiger partial charge in [-0.05, 0) is 42.4 Å². The second kappa shape index (κ2) is 11.1. The van der Waals surface area contributed by atoms with Crippen molar-refractivity contribution in [2.75, 3.05) is 6.54 Å². The number of nitrogens with zero attached hydrogens (tertiary/aromatic N) is 1. The number of benzene rings is 2. The number of amides is 2. The number of para-hydroxylation sites is 1. The molecular weight excluding hydrogens is 434 g/mol. The van der Waals surface area contributed by atoms with Crippen LogP contribution in [0, 0.1) is 11.8 Å². The van der Waals surface area contributed by atoms with Crippen molar-refractivity contribution in [3.8, 4) is 0 Å². The van der Waals surface area contributed by atoms with Crippen LogP contribution in [0.2, 0.25) is 0 Å². The predicted octanol–water partition coefficient (Wildman–Crippen LogP) is 6.46. The van der Waals surface area contributed by atoms with E-state index in [1.165, 1.54) is 6.42 Å². The maximum atomic E-state index is 13.8. The summed E-state index contributed by atoms with van der Waals surface area (Å²) in [6.07, 6.45) is 7.12. The third kappa shape index (κ3) is 5.14. The van der Waals surface area contributed by atoms with E-state index < -0.39 is 6.04 Å². The van der Waals surface area contributed by atoms with Crippen LogP contribution in [0.4, 0.5) is 0 Å². The fourth-order valence-corrected chi connectivity index (χ4v) is 5.39. The highest BCUT2D eigenvalue weighted by molar-refractivity contribution is 6.03. The summed E-state index contributed by atoms with van der Waals surface area (Å²) in [5.74, 6) is 0.636. The molecular formula is C30H39N3O2. The van der Waals surface area contributed by atoms with Crippen LogP contribution in [0.3, 0.4) is 0 Å². The van der Waals surface area contributed by atoms with Crippen molar-refractivity contribution < 1.29 is 9.59 Å². The molecule has 5 nitrogen and oxygen atoms in total. The Balaban J connectivity index is 1.71. The standard InChI is InChI=1S/C30H39N3O2/c1-5-7-12-21(6-2)18-32-29(34)27(17-20(3)4)33-28(23-14-8-9-15-24(23)30(33)35)25-19-31-26-16-11-10-13-22(25)26/h8-11,13-16,19-21,27-28,31H,5-7,12,17-18H2,1-4H3,(H,32,34). The Hall–Kier alpha value is -3.08. The Morgan fingerprint density at radius 2 is 1.80 bits per heavy atom. The van der Waals surface area contributed by atoms with Gasteiger partial charge in [-0.25, -0.2) is 0 Å². The third-order valence-corrected chi connectivity index (χ3v) is 7.36. The zero-order chi connectivity index (χ0) is 24.9. The van der Waals surface area contributed by atoms with Gasteiger partial charge in [0.05, 0.1) is 6.04 Å². The van der Waals surface area contributed by atoms with Crippen LogP contribution in [-0.4, -0.2) is 34.3 Å². The molecule has 0 saturated carbocycles. The molecule has 1 aliphatic heterocycles. The van der Waals surface area contributed by atoms with Gasteiger partial charge in [0.15, 0.2) is 0 Å². The highest BCUT2D eigenvalue weighted by Crippen LogP contribution is 2.43. The summed E-state index contributed by atoms with van der Waals surface area (Å²) in [4.78, 5) is 32.8. The summed E-state index contributed by atoms with van der Waals surface area (Å²) < 4.78 is 0. The molecule has 2 heterocycles. The number of hydrogen-bond donors (Lipinski definition) is 2. The van der Waals surface area contributed by atoms with Gasteiger partial charge in [0, 0.05) is 34.8 Å². The zero-order valence-corrected chi connectivity index (χ0v) is 21.5. The predicted molar refractivity (Wildman–Crippen MR) is 142 cm³/mol. The minimum absolute atomic E-state index is 0.0420. The summed E-state index contributed by atoms with van der Waals surface area (Å²) >= 11 is 0. The summed E-state index contributed by atoms with van der Waals surface area (Å²) in [5.41, 5.74) is 3.73. The first-order valence-electron chi connectivity index (χ1n) is 13.2. The molecule has 5 heteroatoms. The molecule has 0 spiro atoms. The van der Waals surface area contributed by atoms with Gasteiger partial charge in [0.1, 0.15) is 6.04 Å². The number of rotatable bonds is 11. The minimum Gasteiger partial charge on any atom is -0.361 e. The molecule has 1 aliphatic rings. The Bertz CT molecular complexity index is 1170. The number of unbranched alkanes of at least 4 members (excludes halogenated alkanes) is 1. The monoisotopic (exact) mass is 473 g/mol.